The predicted octanol–water partition coefficient (Wildman–Crippen LogP) is -0.751. The molecule has 1 heterocycles. The number of nitrogens with one attached hydrogen (secondary N) is 2. The van der Waals surface area contributed by atoms with Gasteiger partial charge in [0, 0.05) is 19.4 Å². The number of hydrogen-bond acceptors (Lipinski definition) is 7. The van der Waals surface area contributed by atoms with Gasteiger partial charge in [-0.25, -0.2) is 0 Å². The van der Waals surface area contributed by atoms with Crippen LogP contribution in [0.1, 0.15) is 58.8 Å². The second-order valence-electron chi connectivity index (χ2n) is 8.28. The monoisotopic (exact) mass is 470 g/mol. The van der Waals surface area contributed by atoms with Crippen LogP contribution in [-0.2, 0) is 28.8 Å². The molecule has 5 atom stereocenters. The third kappa shape index (κ3) is 8.79. The maximum atomic E-state index is 12.9. The van der Waals surface area contributed by atoms with Gasteiger partial charge < -0.3 is 36.3 Å². The standard InChI is InChI=1S/C21H34N4O8/c1-3-12(2)18(22)21(33)25-10-4-5-15(25)20(32)24-14(7-9-17(29)30)19(31)23-13(11-26)6-8-16(27)28/h11-15,18H,3-10,22H2,1-2H3,(H,23,31)(H,24,32)(H,27,28)(H,29,30)/t12-,13-,14-,15-,18-/m0/s1. The van der Waals surface area contributed by atoms with E-state index in [1.165, 1.54) is 4.90 Å². The number of hydrogen-bond donors (Lipinski definition) is 5. The molecule has 1 saturated heterocycles. The van der Waals surface area contributed by atoms with Gasteiger partial charge >= 0.3 is 11.9 Å². The van der Waals surface area contributed by atoms with Crippen LogP contribution in [0.15, 0.2) is 0 Å². The molecule has 12 nitrogen and oxygen atoms in total. The molecule has 1 aliphatic heterocycles. The van der Waals surface area contributed by atoms with E-state index in [1.807, 2.05) is 13.8 Å². The average molecular weight is 471 g/mol. The van der Waals surface area contributed by atoms with Crippen LogP contribution in [0.5, 0.6) is 0 Å². The summed E-state index contributed by atoms with van der Waals surface area (Å²) in [6, 6.07) is -3.99. The maximum absolute atomic E-state index is 12.9. The molecule has 0 aliphatic carbocycles. The first-order chi connectivity index (χ1) is 15.5. The van der Waals surface area contributed by atoms with Gasteiger partial charge in [0.05, 0.1) is 12.1 Å². The lowest BCUT2D eigenvalue weighted by atomic mass is 9.98. The van der Waals surface area contributed by atoms with Crippen LogP contribution in [0.2, 0.25) is 0 Å². The van der Waals surface area contributed by atoms with Crippen molar-refractivity contribution in [1.29, 1.82) is 0 Å². The summed E-state index contributed by atoms with van der Waals surface area (Å²) in [5.74, 6) is -4.19. The van der Waals surface area contributed by atoms with E-state index < -0.39 is 54.3 Å². The van der Waals surface area contributed by atoms with Crippen molar-refractivity contribution in [2.75, 3.05) is 6.54 Å². The molecule has 1 fully saturated rings. The van der Waals surface area contributed by atoms with Crippen LogP contribution in [0.4, 0.5) is 0 Å². The fourth-order valence-electron chi connectivity index (χ4n) is 3.53. The van der Waals surface area contributed by atoms with E-state index in [1.54, 1.807) is 0 Å². The van der Waals surface area contributed by atoms with Gasteiger partial charge in [0.1, 0.15) is 18.4 Å². The molecule has 33 heavy (non-hydrogen) atoms. The highest BCUT2D eigenvalue weighted by atomic mass is 16.4. The minimum atomic E-state index is -1.28. The number of nitrogens with two attached hydrogens (primary N) is 1. The molecule has 0 aromatic rings. The van der Waals surface area contributed by atoms with Crippen molar-refractivity contribution in [1.82, 2.24) is 15.5 Å². The number of aliphatic carboxylic acids is 2. The first-order valence-electron chi connectivity index (χ1n) is 11.1. The Morgan fingerprint density at radius 1 is 1.09 bits per heavy atom. The van der Waals surface area contributed by atoms with Gasteiger partial charge in [-0.05, 0) is 31.6 Å². The molecular weight excluding hydrogens is 436 g/mol. The third-order valence-electron chi connectivity index (χ3n) is 5.82. The van der Waals surface area contributed by atoms with Crippen molar-refractivity contribution in [3.8, 4) is 0 Å². The van der Waals surface area contributed by atoms with Crippen molar-refractivity contribution in [3.05, 3.63) is 0 Å². The molecule has 0 radical (unpaired) electrons. The first kappa shape index (κ1) is 28.0. The largest absolute Gasteiger partial charge is 0.481 e. The summed E-state index contributed by atoms with van der Waals surface area (Å²) in [4.78, 5) is 72.7. The van der Waals surface area contributed by atoms with Crippen molar-refractivity contribution in [2.45, 2.75) is 83.0 Å². The molecule has 186 valence electrons. The Labute approximate surface area is 192 Å². The number of amides is 3. The summed E-state index contributed by atoms with van der Waals surface area (Å²) in [5.41, 5.74) is 6.04. The summed E-state index contributed by atoms with van der Waals surface area (Å²) < 4.78 is 0. The van der Waals surface area contributed by atoms with E-state index >= 15 is 0 Å². The SMILES string of the molecule is CC[C@H](C)[C@H](N)C(=O)N1CCC[C@H]1C(=O)N[C@@H](CCC(=O)O)C(=O)N[C@H](C=O)CCC(=O)O. The van der Waals surface area contributed by atoms with Gasteiger partial charge in [0.2, 0.25) is 17.7 Å². The molecule has 1 rings (SSSR count). The summed E-state index contributed by atoms with van der Waals surface area (Å²) in [5, 5.41) is 22.6. The smallest absolute Gasteiger partial charge is 0.303 e. The van der Waals surface area contributed by atoms with Crippen LogP contribution >= 0.6 is 0 Å². The first-order valence-corrected chi connectivity index (χ1v) is 11.1. The second kappa shape index (κ2) is 13.5. The molecule has 0 aromatic heterocycles. The van der Waals surface area contributed by atoms with Crippen LogP contribution in [0.25, 0.3) is 0 Å². The highest BCUT2D eigenvalue weighted by Gasteiger charge is 2.38. The Balaban J connectivity index is 2.91. The minimum absolute atomic E-state index is 0.0815. The Morgan fingerprint density at radius 3 is 2.24 bits per heavy atom. The van der Waals surface area contributed by atoms with E-state index in [0.717, 1.165) is 0 Å². The number of rotatable bonds is 14. The topological polar surface area (TPSA) is 196 Å². The number of carboxylic acids is 2. The molecule has 0 spiro atoms. The fraction of sp³-hybridized carbons (Fsp3) is 0.714. The second-order valence-corrected chi connectivity index (χ2v) is 8.28. The molecule has 6 N–H and O–H groups in total. The van der Waals surface area contributed by atoms with Gasteiger partial charge in [-0.15, -0.1) is 0 Å². The Kier molecular flexibility index (Phi) is 11.5. The highest BCUT2D eigenvalue weighted by molar-refractivity contribution is 5.94. The molecule has 12 heteroatoms. The molecule has 0 saturated carbocycles. The zero-order chi connectivity index (χ0) is 25.1. The van der Waals surface area contributed by atoms with E-state index in [-0.39, 0.29) is 31.1 Å². The summed E-state index contributed by atoms with van der Waals surface area (Å²) >= 11 is 0. The normalized spacial score (nSPS) is 19.1. The highest BCUT2D eigenvalue weighted by Crippen LogP contribution is 2.21. The molecular formula is C21H34N4O8. The van der Waals surface area contributed by atoms with E-state index in [9.17, 15) is 28.8 Å². The number of carbonyl (C=O) groups is 6. The van der Waals surface area contributed by atoms with Crippen LogP contribution in [0, 0.1) is 5.92 Å². The van der Waals surface area contributed by atoms with Crippen molar-refractivity contribution >= 4 is 35.9 Å². The van der Waals surface area contributed by atoms with Crippen molar-refractivity contribution in [2.24, 2.45) is 11.7 Å². The predicted molar refractivity (Wildman–Crippen MR) is 116 cm³/mol. The Morgan fingerprint density at radius 2 is 1.70 bits per heavy atom. The Hall–Kier alpha value is -3.02. The maximum Gasteiger partial charge on any atom is 0.303 e. The lowest BCUT2D eigenvalue weighted by molar-refractivity contribution is -0.141. The number of carbonyl (C=O) groups excluding carboxylic acids is 4. The van der Waals surface area contributed by atoms with E-state index in [4.69, 9.17) is 15.9 Å². The van der Waals surface area contributed by atoms with Crippen molar-refractivity contribution in [3.63, 3.8) is 0 Å². The number of aldehydes is 1. The molecule has 3 amide bonds. The lowest BCUT2D eigenvalue weighted by Crippen LogP contribution is -2.56. The third-order valence-corrected chi connectivity index (χ3v) is 5.82. The van der Waals surface area contributed by atoms with Crippen molar-refractivity contribution < 1.29 is 39.0 Å². The minimum Gasteiger partial charge on any atom is -0.481 e. The Bertz CT molecular complexity index is 744. The number of nitrogens with zero attached hydrogens (tertiary/aromatic N) is 1. The molecule has 0 bridgehead atoms. The molecule has 0 unspecified atom stereocenters. The summed E-state index contributed by atoms with van der Waals surface area (Å²) in [6.07, 6.45) is 0.836. The van der Waals surface area contributed by atoms with Crippen LogP contribution in [0.3, 0.4) is 0 Å². The van der Waals surface area contributed by atoms with E-state index in [0.29, 0.717) is 32.1 Å². The van der Waals surface area contributed by atoms with Crippen LogP contribution in [-0.4, -0.2) is 81.8 Å². The summed E-state index contributed by atoms with van der Waals surface area (Å²) in [6.45, 7) is 4.09. The molecule has 0 aromatic carbocycles. The van der Waals surface area contributed by atoms with Gasteiger partial charge in [-0.1, -0.05) is 20.3 Å². The van der Waals surface area contributed by atoms with Gasteiger partial charge in [-0.3, -0.25) is 24.0 Å². The van der Waals surface area contributed by atoms with E-state index in [2.05, 4.69) is 10.6 Å². The number of likely N-dealkylation sites (tertiary alicyclic amines) is 1. The fourth-order valence-corrected chi connectivity index (χ4v) is 3.53. The van der Waals surface area contributed by atoms with Gasteiger partial charge in [-0.2, -0.15) is 0 Å². The summed E-state index contributed by atoms with van der Waals surface area (Å²) in [7, 11) is 0. The lowest BCUT2D eigenvalue weighted by Gasteiger charge is -2.30. The number of carboxylic acid groups (broad SMARTS) is 2. The average Bonchev–Trinajstić information content (AvgIpc) is 3.27. The van der Waals surface area contributed by atoms with Gasteiger partial charge in [0.25, 0.3) is 0 Å². The molecule has 1 aliphatic rings. The zero-order valence-electron chi connectivity index (χ0n) is 19.0. The van der Waals surface area contributed by atoms with Crippen LogP contribution < -0.4 is 16.4 Å². The van der Waals surface area contributed by atoms with Gasteiger partial charge in [0.15, 0.2) is 0 Å². The quantitative estimate of drug-likeness (QED) is 0.203. The zero-order valence-corrected chi connectivity index (χ0v) is 19.0.